The first-order valence-electron chi connectivity index (χ1n) is 9.33. The van der Waals surface area contributed by atoms with Crippen LogP contribution in [0.2, 0.25) is 0 Å². The third-order valence-electron chi connectivity index (χ3n) is 4.43. The van der Waals surface area contributed by atoms with Crippen molar-refractivity contribution in [3.05, 3.63) is 47.5 Å². The summed E-state index contributed by atoms with van der Waals surface area (Å²) < 4.78 is 16.9. The van der Waals surface area contributed by atoms with E-state index in [1.807, 2.05) is 24.3 Å². The van der Waals surface area contributed by atoms with Gasteiger partial charge in [0.15, 0.2) is 17.6 Å². The molecule has 0 aliphatic carbocycles. The van der Waals surface area contributed by atoms with Crippen LogP contribution < -0.4 is 14.8 Å². The first-order chi connectivity index (χ1) is 14.1. The summed E-state index contributed by atoms with van der Waals surface area (Å²) in [7, 11) is 0. The van der Waals surface area contributed by atoms with Crippen molar-refractivity contribution < 1.29 is 23.8 Å². The summed E-state index contributed by atoms with van der Waals surface area (Å²) in [5.41, 5.74) is 1.53. The van der Waals surface area contributed by atoms with E-state index in [4.69, 9.17) is 14.2 Å². The molecule has 1 atom stereocenters. The number of fused-ring (bicyclic) bond motifs is 2. The minimum atomic E-state index is -0.893. The highest BCUT2D eigenvalue weighted by atomic mass is 32.1. The Bertz CT molecular complexity index is 1020. The van der Waals surface area contributed by atoms with Crippen LogP contribution in [0.3, 0.4) is 0 Å². The van der Waals surface area contributed by atoms with Crippen molar-refractivity contribution in [3.8, 4) is 11.5 Å². The lowest BCUT2D eigenvalue weighted by Gasteiger charge is -2.13. The van der Waals surface area contributed by atoms with Crippen LogP contribution in [-0.4, -0.2) is 29.8 Å². The van der Waals surface area contributed by atoms with Crippen molar-refractivity contribution in [2.24, 2.45) is 0 Å². The van der Waals surface area contributed by atoms with E-state index in [1.54, 1.807) is 36.5 Å². The molecule has 0 fully saturated rings. The van der Waals surface area contributed by atoms with Gasteiger partial charge in [-0.3, -0.25) is 9.59 Å². The highest BCUT2D eigenvalue weighted by Gasteiger charge is 2.20. The molecule has 8 heteroatoms. The Kier molecular flexibility index (Phi) is 5.62. The van der Waals surface area contributed by atoms with Crippen LogP contribution in [0.15, 0.2) is 42.5 Å². The molecule has 2 heterocycles. The molecule has 0 saturated heterocycles. The number of aryl methyl sites for hydroxylation is 1. The molecule has 1 aliphatic rings. The molecule has 0 spiro atoms. The Balaban J connectivity index is 1.22. The van der Waals surface area contributed by atoms with Crippen LogP contribution in [0.1, 0.15) is 24.8 Å². The molecule has 1 aliphatic heterocycles. The van der Waals surface area contributed by atoms with Crippen molar-refractivity contribution in [1.82, 2.24) is 4.98 Å². The minimum absolute atomic E-state index is 0.164. The van der Waals surface area contributed by atoms with Crippen LogP contribution in [-0.2, 0) is 20.7 Å². The summed E-state index contributed by atoms with van der Waals surface area (Å²) in [6.07, 6.45) is 0.661. The van der Waals surface area contributed by atoms with Gasteiger partial charge in [-0.05, 0) is 44.0 Å². The van der Waals surface area contributed by atoms with Gasteiger partial charge in [0, 0.05) is 18.2 Å². The second-order valence-corrected chi connectivity index (χ2v) is 7.73. The number of hydrogen-bond acceptors (Lipinski definition) is 7. The molecular formula is C21H20N2O5S. The van der Waals surface area contributed by atoms with Crippen molar-refractivity contribution in [1.29, 1.82) is 0 Å². The van der Waals surface area contributed by atoms with Crippen molar-refractivity contribution in [2.45, 2.75) is 32.3 Å². The Morgan fingerprint density at radius 1 is 1.21 bits per heavy atom. The van der Waals surface area contributed by atoms with Gasteiger partial charge >= 0.3 is 5.97 Å². The molecule has 0 bridgehead atoms. The molecule has 150 valence electrons. The van der Waals surface area contributed by atoms with Gasteiger partial charge in [0.05, 0.1) is 15.2 Å². The number of amides is 1. The summed E-state index contributed by atoms with van der Waals surface area (Å²) >= 11 is 1.63. The monoisotopic (exact) mass is 412 g/mol. The van der Waals surface area contributed by atoms with Gasteiger partial charge in [0.1, 0.15) is 0 Å². The van der Waals surface area contributed by atoms with Gasteiger partial charge < -0.3 is 19.5 Å². The zero-order valence-electron chi connectivity index (χ0n) is 15.8. The Morgan fingerprint density at radius 3 is 2.90 bits per heavy atom. The normalized spacial score (nSPS) is 13.3. The SMILES string of the molecule is C[C@@H](OC(=O)CCCc1nc2ccccc2s1)C(=O)Nc1ccc2c(c1)OCO2. The molecule has 1 N–H and O–H groups in total. The second-order valence-electron chi connectivity index (χ2n) is 6.62. The number of carbonyl (C=O) groups excluding carboxylic acids is 2. The topological polar surface area (TPSA) is 86.8 Å². The van der Waals surface area contributed by atoms with E-state index in [1.165, 1.54) is 0 Å². The smallest absolute Gasteiger partial charge is 0.306 e. The van der Waals surface area contributed by atoms with Crippen LogP contribution in [0.4, 0.5) is 5.69 Å². The molecular weight excluding hydrogens is 392 g/mol. The standard InChI is InChI=1S/C21H20N2O5S/c1-13(21(25)22-14-9-10-16-17(11-14)27-12-26-16)28-20(24)8-4-7-19-23-15-5-2-3-6-18(15)29-19/h2-3,5-6,9-11,13H,4,7-8,12H2,1H3,(H,22,25)/t13-/m1/s1. The lowest BCUT2D eigenvalue weighted by atomic mass is 10.2. The molecule has 2 aromatic carbocycles. The van der Waals surface area contributed by atoms with Crippen LogP contribution in [0.25, 0.3) is 10.2 Å². The fraction of sp³-hybridized carbons (Fsp3) is 0.286. The number of carbonyl (C=O) groups is 2. The summed E-state index contributed by atoms with van der Waals surface area (Å²) in [6.45, 7) is 1.71. The first-order valence-corrected chi connectivity index (χ1v) is 10.1. The van der Waals surface area contributed by atoms with E-state index >= 15 is 0 Å². The average molecular weight is 412 g/mol. The Hall–Kier alpha value is -3.13. The molecule has 1 aromatic heterocycles. The molecule has 3 aromatic rings. The summed E-state index contributed by atoms with van der Waals surface area (Å²) in [4.78, 5) is 28.9. The maximum Gasteiger partial charge on any atom is 0.306 e. The maximum absolute atomic E-state index is 12.3. The number of ether oxygens (including phenoxy) is 3. The predicted octanol–water partition coefficient (Wildman–Crippen LogP) is 3.92. The van der Waals surface area contributed by atoms with Crippen molar-refractivity contribution in [2.75, 3.05) is 12.1 Å². The van der Waals surface area contributed by atoms with Crippen LogP contribution in [0, 0.1) is 0 Å². The van der Waals surface area contributed by atoms with Gasteiger partial charge in [-0.2, -0.15) is 0 Å². The van der Waals surface area contributed by atoms with Gasteiger partial charge in [0.2, 0.25) is 6.79 Å². The van der Waals surface area contributed by atoms with E-state index in [-0.39, 0.29) is 13.2 Å². The molecule has 7 nitrogen and oxygen atoms in total. The summed E-state index contributed by atoms with van der Waals surface area (Å²) in [5, 5.41) is 3.71. The lowest BCUT2D eigenvalue weighted by Crippen LogP contribution is -2.29. The van der Waals surface area contributed by atoms with Gasteiger partial charge in [-0.15, -0.1) is 11.3 Å². The number of thiazole rings is 1. The molecule has 29 heavy (non-hydrogen) atoms. The van der Waals surface area contributed by atoms with Crippen LogP contribution >= 0.6 is 11.3 Å². The minimum Gasteiger partial charge on any atom is -0.454 e. The Morgan fingerprint density at radius 2 is 2.03 bits per heavy atom. The van der Waals surface area contributed by atoms with Gasteiger partial charge in [-0.25, -0.2) is 4.98 Å². The van der Waals surface area contributed by atoms with E-state index in [9.17, 15) is 9.59 Å². The zero-order valence-corrected chi connectivity index (χ0v) is 16.7. The molecule has 0 unspecified atom stereocenters. The number of hydrogen-bond donors (Lipinski definition) is 1. The fourth-order valence-electron chi connectivity index (χ4n) is 2.94. The molecule has 0 saturated carbocycles. The Labute approximate surface area is 171 Å². The number of aromatic nitrogens is 1. The van der Waals surface area contributed by atoms with E-state index in [0.717, 1.165) is 15.2 Å². The number of para-hydroxylation sites is 1. The van der Waals surface area contributed by atoms with Gasteiger partial charge in [0.25, 0.3) is 5.91 Å². The summed E-state index contributed by atoms with van der Waals surface area (Å²) in [5.74, 6) is 0.403. The molecule has 4 rings (SSSR count). The quantitative estimate of drug-likeness (QED) is 0.592. The van der Waals surface area contributed by atoms with Crippen LogP contribution in [0.5, 0.6) is 11.5 Å². The number of esters is 1. The predicted molar refractivity (Wildman–Crippen MR) is 109 cm³/mol. The molecule has 0 radical (unpaired) electrons. The van der Waals surface area contributed by atoms with E-state index in [0.29, 0.717) is 30.0 Å². The van der Waals surface area contributed by atoms with Crippen molar-refractivity contribution in [3.63, 3.8) is 0 Å². The first kappa shape index (κ1) is 19.2. The lowest BCUT2D eigenvalue weighted by molar-refractivity contribution is -0.153. The van der Waals surface area contributed by atoms with E-state index in [2.05, 4.69) is 10.3 Å². The number of benzene rings is 2. The third-order valence-corrected chi connectivity index (χ3v) is 5.52. The number of nitrogens with zero attached hydrogens (tertiary/aromatic N) is 1. The highest BCUT2D eigenvalue weighted by molar-refractivity contribution is 7.18. The maximum atomic E-state index is 12.3. The van der Waals surface area contributed by atoms with Gasteiger partial charge in [-0.1, -0.05) is 12.1 Å². The zero-order chi connectivity index (χ0) is 20.2. The number of anilines is 1. The second kappa shape index (κ2) is 8.48. The fourth-order valence-corrected chi connectivity index (χ4v) is 3.95. The summed E-state index contributed by atoms with van der Waals surface area (Å²) in [6, 6.07) is 13.0. The number of nitrogens with one attached hydrogen (secondary N) is 1. The largest absolute Gasteiger partial charge is 0.454 e. The van der Waals surface area contributed by atoms with Crippen molar-refractivity contribution >= 4 is 39.1 Å². The number of rotatable bonds is 7. The molecule has 1 amide bonds. The third kappa shape index (κ3) is 4.65. The highest BCUT2D eigenvalue weighted by Crippen LogP contribution is 2.34. The van der Waals surface area contributed by atoms with E-state index < -0.39 is 18.0 Å². The average Bonchev–Trinajstić information content (AvgIpc) is 3.33.